The number of aromatic nitrogens is 1. The lowest BCUT2D eigenvalue weighted by Gasteiger charge is -2.03. The van der Waals surface area contributed by atoms with Gasteiger partial charge in [-0.3, -0.25) is 0 Å². The Morgan fingerprint density at radius 1 is 1.21 bits per heavy atom. The molecule has 0 aliphatic rings. The zero-order valence-corrected chi connectivity index (χ0v) is 8.20. The Labute approximate surface area is 82.5 Å². The van der Waals surface area contributed by atoms with E-state index < -0.39 is 7.12 Å². The highest BCUT2D eigenvalue weighted by Gasteiger charge is 2.16. The summed E-state index contributed by atoms with van der Waals surface area (Å²) in [7, 11) is -1.41. The molecule has 1 heterocycles. The van der Waals surface area contributed by atoms with Crippen LogP contribution in [0.25, 0.3) is 10.9 Å². The van der Waals surface area contributed by atoms with Crippen LogP contribution in [0.5, 0.6) is 0 Å². The molecule has 4 heteroatoms. The third kappa shape index (κ3) is 1.33. The number of benzene rings is 1. The summed E-state index contributed by atoms with van der Waals surface area (Å²) in [6.07, 6.45) is 0. The Kier molecular flexibility index (Phi) is 2.09. The fourth-order valence-electron chi connectivity index (χ4n) is 1.74. The van der Waals surface area contributed by atoms with Crippen molar-refractivity contribution in [2.45, 2.75) is 13.8 Å². The van der Waals surface area contributed by atoms with E-state index in [1.807, 2.05) is 26.0 Å². The van der Waals surface area contributed by atoms with E-state index in [0.29, 0.717) is 5.46 Å². The zero-order chi connectivity index (χ0) is 10.3. The third-order valence-corrected chi connectivity index (χ3v) is 2.45. The minimum Gasteiger partial charge on any atom is -0.423 e. The lowest BCUT2D eigenvalue weighted by molar-refractivity contribution is 0.426. The summed E-state index contributed by atoms with van der Waals surface area (Å²) < 4.78 is 0. The first kappa shape index (κ1) is 9.31. The molecule has 0 atom stereocenters. The SMILES string of the molecule is Cc1cc2c(B(O)O)ccc(C)c2[nH]1. The lowest BCUT2D eigenvalue weighted by atomic mass is 9.77. The van der Waals surface area contributed by atoms with Crippen molar-refractivity contribution in [1.29, 1.82) is 0 Å². The van der Waals surface area contributed by atoms with Crippen LogP contribution in [0.4, 0.5) is 0 Å². The predicted molar refractivity (Wildman–Crippen MR) is 57.6 cm³/mol. The average Bonchev–Trinajstić information content (AvgIpc) is 2.47. The monoisotopic (exact) mass is 189 g/mol. The number of aromatic amines is 1. The largest absolute Gasteiger partial charge is 0.489 e. The Morgan fingerprint density at radius 3 is 2.57 bits per heavy atom. The van der Waals surface area contributed by atoms with E-state index in [4.69, 9.17) is 10.0 Å². The van der Waals surface area contributed by atoms with E-state index in [1.165, 1.54) is 0 Å². The van der Waals surface area contributed by atoms with E-state index in [-0.39, 0.29) is 0 Å². The average molecular weight is 189 g/mol. The van der Waals surface area contributed by atoms with Gasteiger partial charge in [-0.05, 0) is 36.3 Å². The van der Waals surface area contributed by atoms with E-state index in [1.54, 1.807) is 6.07 Å². The van der Waals surface area contributed by atoms with Crippen molar-refractivity contribution in [2.24, 2.45) is 0 Å². The molecule has 1 aromatic heterocycles. The van der Waals surface area contributed by atoms with E-state index in [2.05, 4.69) is 4.98 Å². The van der Waals surface area contributed by atoms with Crippen LogP contribution in [0.1, 0.15) is 11.3 Å². The quantitative estimate of drug-likeness (QED) is 0.571. The Hall–Kier alpha value is -1.26. The molecular weight excluding hydrogens is 177 g/mol. The van der Waals surface area contributed by atoms with Crippen LogP contribution in [0.2, 0.25) is 0 Å². The van der Waals surface area contributed by atoms with E-state index in [0.717, 1.165) is 22.2 Å². The van der Waals surface area contributed by atoms with Crippen molar-refractivity contribution >= 4 is 23.5 Å². The molecule has 72 valence electrons. The standard InChI is InChI=1S/C10H12BNO2/c1-6-3-4-9(11(13)14)8-5-7(2)12-10(6)8/h3-5,12-14H,1-2H3. The topological polar surface area (TPSA) is 56.2 Å². The fourth-order valence-corrected chi connectivity index (χ4v) is 1.74. The number of nitrogens with one attached hydrogen (secondary N) is 1. The van der Waals surface area contributed by atoms with Gasteiger partial charge in [-0.25, -0.2) is 0 Å². The number of H-pyrrole nitrogens is 1. The first-order valence-corrected chi connectivity index (χ1v) is 4.54. The van der Waals surface area contributed by atoms with Crippen molar-refractivity contribution in [3.63, 3.8) is 0 Å². The van der Waals surface area contributed by atoms with Gasteiger partial charge >= 0.3 is 7.12 Å². The molecule has 0 spiro atoms. The summed E-state index contributed by atoms with van der Waals surface area (Å²) in [5, 5.41) is 19.2. The maximum atomic E-state index is 9.16. The number of hydrogen-bond acceptors (Lipinski definition) is 2. The number of rotatable bonds is 1. The summed E-state index contributed by atoms with van der Waals surface area (Å²) in [5.41, 5.74) is 3.66. The molecule has 3 N–H and O–H groups in total. The molecule has 2 rings (SSSR count). The van der Waals surface area contributed by atoms with E-state index in [9.17, 15) is 0 Å². The maximum absolute atomic E-state index is 9.16. The van der Waals surface area contributed by atoms with Crippen LogP contribution in [-0.2, 0) is 0 Å². The number of hydrogen-bond donors (Lipinski definition) is 3. The molecule has 0 saturated heterocycles. The van der Waals surface area contributed by atoms with Crippen LogP contribution in [0.3, 0.4) is 0 Å². The van der Waals surface area contributed by atoms with Gasteiger partial charge < -0.3 is 15.0 Å². The second kappa shape index (κ2) is 3.15. The number of aryl methyl sites for hydroxylation is 2. The Bertz CT molecular complexity index is 476. The first-order valence-electron chi connectivity index (χ1n) is 4.54. The molecule has 14 heavy (non-hydrogen) atoms. The van der Waals surface area contributed by atoms with Crippen LogP contribution in [-0.4, -0.2) is 22.2 Å². The molecule has 0 aliphatic carbocycles. The molecule has 1 aromatic carbocycles. The molecule has 0 fully saturated rings. The molecule has 0 amide bonds. The first-order chi connectivity index (χ1) is 6.59. The molecule has 0 bridgehead atoms. The minimum absolute atomic E-state index is 0.551. The van der Waals surface area contributed by atoms with Gasteiger partial charge in [0, 0.05) is 11.2 Å². The van der Waals surface area contributed by atoms with Gasteiger partial charge in [-0.15, -0.1) is 0 Å². The Morgan fingerprint density at radius 2 is 1.93 bits per heavy atom. The van der Waals surface area contributed by atoms with Crippen molar-refractivity contribution in [3.05, 3.63) is 29.5 Å². The Balaban J connectivity index is 2.81. The molecule has 0 radical (unpaired) electrons. The van der Waals surface area contributed by atoms with Gasteiger partial charge in [0.2, 0.25) is 0 Å². The minimum atomic E-state index is -1.41. The van der Waals surface area contributed by atoms with Gasteiger partial charge in [0.15, 0.2) is 0 Å². The van der Waals surface area contributed by atoms with Gasteiger partial charge in [-0.1, -0.05) is 12.1 Å². The van der Waals surface area contributed by atoms with Gasteiger partial charge in [-0.2, -0.15) is 0 Å². The highest BCUT2D eigenvalue weighted by Crippen LogP contribution is 2.17. The molecule has 0 aliphatic heterocycles. The van der Waals surface area contributed by atoms with Crippen molar-refractivity contribution in [1.82, 2.24) is 4.98 Å². The predicted octanol–water partition coefficient (Wildman–Crippen LogP) is 0.465. The van der Waals surface area contributed by atoms with Gasteiger partial charge in [0.1, 0.15) is 0 Å². The summed E-state index contributed by atoms with van der Waals surface area (Å²) in [5.74, 6) is 0. The van der Waals surface area contributed by atoms with Crippen LogP contribution in [0.15, 0.2) is 18.2 Å². The fraction of sp³-hybridized carbons (Fsp3) is 0.200. The third-order valence-electron chi connectivity index (χ3n) is 2.45. The number of fused-ring (bicyclic) bond motifs is 1. The van der Waals surface area contributed by atoms with Crippen LogP contribution < -0.4 is 5.46 Å². The van der Waals surface area contributed by atoms with Crippen LogP contribution in [0, 0.1) is 13.8 Å². The maximum Gasteiger partial charge on any atom is 0.489 e. The van der Waals surface area contributed by atoms with Gasteiger partial charge in [0.05, 0.1) is 0 Å². The normalized spacial score (nSPS) is 10.9. The van der Waals surface area contributed by atoms with Crippen molar-refractivity contribution in [2.75, 3.05) is 0 Å². The highest BCUT2D eigenvalue weighted by molar-refractivity contribution is 6.62. The van der Waals surface area contributed by atoms with Gasteiger partial charge in [0.25, 0.3) is 0 Å². The molecular formula is C10H12BNO2. The lowest BCUT2D eigenvalue weighted by Crippen LogP contribution is -2.30. The highest BCUT2D eigenvalue weighted by atomic mass is 16.4. The second-order valence-corrected chi connectivity index (χ2v) is 3.59. The van der Waals surface area contributed by atoms with Crippen molar-refractivity contribution < 1.29 is 10.0 Å². The smallest absolute Gasteiger partial charge is 0.423 e. The summed E-state index contributed by atoms with van der Waals surface area (Å²) in [6, 6.07) is 5.56. The summed E-state index contributed by atoms with van der Waals surface area (Å²) in [4.78, 5) is 3.20. The summed E-state index contributed by atoms with van der Waals surface area (Å²) in [6.45, 7) is 3.94. The van der Waals surface area contributed by atoms with Crippen molar-refractivity contribution in [3.8, 4) is 0 Å². The molecule has 0 unspecified atom stereocenters. The molecule has 0 saturated carbocycles. The molecule has 3 nitrogen and oxygen atoms in total. The van der Waals surface area contributed by atoms with Crippen LogP contribution >= 0.6 is 0 Å². The molecule has 2 aromatic rings. The zero-order valence-electron chi connectivity index (χ0n) is 8.20. The van der Waals surface area contributed by atoms with E-state index >= 15 is 0 Å². The second-order valence-electron chi connectivity index (χ2n) is 3.59. The summed E-state index contributed by atoms with van der Waals surface area (Å²) >= 11 is 0.